The Morgan fingerprint density at radius 2 is 1.90 bits per heavy atom. The van der Waals surface area contributed by atoms with Crippen LogP contribution in [0, 0.1) is 19.8 Å². The van der Waals surface area contributed by atoms with E-state index in [-0.39, 0.29) is 30.4 Å². The number of anilines is 2. The van der Waals surface area contributed by atoms with Crippen molar-refractivity contribution in [3.63, 3.8) is 0 Å². The number of hydrogen-bond donors (Lipinski definition) is 2. The second-order valence-electron chi connectivity index (χ2n) is 8.36. The molecule has 0 radical (unpaired) electrons. The standard InChI is InChI=1S/C22H36N6O3/c1-7-9-12-27-20(23)19(21(30)24-22(27)31)26(8-2)18(29)11-10-17-15(5)25-28(16(17)6)13-14(3)4/h14H,7-13,23H2,1-6H3,(H,24,30,31). The molecule has 0 aliphatic carbocycles. The fourth-order valence-corrected chi connectivity index (χ4v) is 3.82. The highest BCUT2D eigenvalue weighted by Gasteiger charge is 2.23. The van der Waals surface area contributed by atoms with Gasteiger partial charge >= 0.3 is 5.69 Å². The number of aryl methyl sites for hydroxylation is 1. The number of nitrogen functional groups attached to an aromatic ring is 1. The lowest BCUT2D eigenvalue weighted by molar-refractivity contribution is -0.118. The first-order valence-corrected chi connectivity index (χ1v) is 11.1. The van der Waals surface area contributed by atoms with Gasteiger partial charge in [-0.25, -0.2) is 4.79 Å². The molecule has 2 aromatic heterocycles. The molecule has 9 heteroatoms. The third-order valence-electron chi connectivity index (χ3n) is 5.49. The van der Waals surface area contributed by atoms with Gasteiger partial charge in [-0.2, -0.15) is 5.10 Å². The summed E-state index contributed by atoms with van der Waals surface area (Å²) in [5, 5.41) is 4.61. The van der Waals surface area contributed by atoms with Crippen LogP contribution in [0.5, 0.6) is 0 Å². The summed E-state index contributed by atoms with van der Waals surface area (Å²) in [6.07, 6.45) is 2.36. The van der Waals surface area contributed by atoms with Crippen LogP contribution in [-0.4, -0.2) is 31.8 Å². The Hall–Kier alpha value is -2.84. The van der Waals surface area contributed by atoms with Gasteiger partial charge in [-0.15, -0.1) is 0 Å². The van der Waals surface area contributed by atoms with Crippen molar-refractivity contribution in [2.24, 2.45) is 5.92 Å². The lowest BCUT2D eigenvalue weighted by Gasteiger charge is -2.23. The van der Waals surface area contributed by atoms with Crippen molar-refractivity contribution in [1.29, 1.82) is 0 Å². The molecule has 3 N–H and O–H groups in total. The van der Waals surface area contributed by atoms with Gasteiger partial charge in [-0.05, 0) is 45.1 Å². The van der Waals surface area contributed by atoms with Crippen LogP contribution in [0.3, 0.4) is 0 Å². The van der Waals surface area contributed by atoms with Gasteiger partial charge in [0.1, 0.15) is 5.82 Å². The number of nitrogens with two attached hydrogens (primary N) is 1. The minimum absolute atomic E-state index is 0.0366. The average molecular weight is 433 g/mol. The fraction of sp³-hybridized carbons (Fsp3) is 0.636. The number of hydrogen-bond acceptors (Lipinski definition) is 5. The molecule has 1 amide bonds. The zero-order valence-electron chi connectivity index (χ0n) is 19.6. The van der Waals surface area contributed by atoms with Crippen molar-refractivity contribution in [2.75, 3.05) is 17.2 Å². The number of H-pyrrole nitrogens is 1. The summed E-state index contributed by atoms with van der Waals surface area (Å²) in [7, 11) is 0. The number of rotatable bonds is 10. The molecule has 0 saturated heterocycles. The van der Waals surface area contributed by atoms with Crippen LogP contribution in [0.15, 0.2) is 9.59 Å². The van der Waals surface area contributed by atoms with Gasteiger partial charge in [0.2, 0.25) is 5.91 Å². The predicted molar refractivity (Wildman–Crippen MR) is 124 cm³/mol. The molecule has 0 aliphatic rings. The summed E-state index contributed by atoms with van der Waals surface area (Å²) in [6.45, 7) is 13.5. The number of amides is 1. The molecule has 0 unspecified atom stereocenters. The van der Waals surface area contributed by atoms with Crippen LogP contribution in [0.1, 0.15) is 63.9 Å². The van der Waals surface area contributed by atoms with Crippen LogP contribution in [0.2, 0.25) is 0 Å². The van der Waals surface area contributed by atoms with Crippen LogP contribution >= 0.6 is 0 Å². The van der Waals surface area contributed by atoms with Crippen LogP contribution in [0.25, 0.3) is 0 Å². The van der Waals surface area contributed by atoms with E-state index in [1.54, 1.807) is 6.92 Å². The summed E-state index contributed by atoms with van der Waals surface area (Å²) in [4.78, 5) is 41.5. The predicted octanol–water partition coefficient (Wildman–Crippen LogP) is 2.37. The number of nitrogens with zero attached hydrogens (tertiary/aromatic N) is 4. The lowest BCUT2D eigenvalue weighted by atomic mass is 10.1. The Morgan fingerprint density at radius 3 is 2.48 bits per heavy atom. The Kier molecular flexibility index (Phi) is 8.24. The van der Waals surface area contributed by atoms with Gasteiger partial charge in [0, 0.05) is 31.7 Å². The van der Waals surface area contributed by atoms with Gasteiger partial charge in [0.15, 0.2) is 5.69 Å². The maximum Gasteiger partial charge on any atom is 0.330 e. The summed E-state index contributed by atoms with van der Waals surface area (Å²) in [5.41, 5.74) is 8.08. The molecular formula is C22H36N6O3. The fourth-order valence-electron chi connectivity index (χ4n) is 3.82. The number of aromatic nitrogens is 4. The zero-order chi connectivity index (χ0) is 23.3. The Morgan fingerprint density at radius 1 is 1.23 bits per heavy atom. The molecule has 0 aliphatic heterocycles. The molecule has 2 heterocycles. The minimum Gasteiger partial charge on any atom is -0.383 e. The highest BCUT2D eigenvalue weighted by atomic mass is 16.2. The zero-order valence-corrected chi connectivity index (χ0v) is 19.6. The highest BCUT2D eigenvalue weighted by Crippen LogP contribution is 2.21. The van der Waals surface area contributed by atoms with Gasteiger partial charge in [-0.1, -0.05) is 27.2 Å². The summed E-state index contributed by atoms with van der Waals surface area (Å²) in [5.74, 6) is 0.298. The summed E-state index contributed by atoms with van der Waals surface area (Å²) < 4.78 is 3.32. The van der Waals surface area contributed by atoms with E-state index < -0.39 is 11.2 Å². The molecule has 9 nitrogen and oxygen atoms in total. The molecular weight excluding hydrogens is 396 g/mol. The molecule has 0 atom stereocenters. The quantitative estimate of drug-likeness (QED) is 0.597. The summed E-state index contributed by atoms with van der Waals surface area (Å²) in [6, 6.07) is 0. The molecule has 0 fully saturated rings. The van der Waals surface area contributed by atoms with Crippen LogP contribution < -0.4 is 21.9 Å². The number of carbonyl (C=O) groups is 1. The number of aromatic amines is 1. The van der Waals surface area contributed by atoms with E-state index in [4.69, 9.17) is 5.73 Å². The molecule has 0 aromatic carbocycles. The van der Waals surface area contributed by atoms with E-state index in [0.29, 0.717) is 18.9 Å². The van der Waals surface area contributed by atoms with E-state index in [1.807, 2.05) is 25.5 Å². The van der Waals surface area contributed by atoms with E-state index in [2.05, 4.69) is 23.9 Å². The van der Waals surface area contributed by atoms with E-state index in [1.165, 1.54) is 9.47 Å². The largest absolute Gasteiger partial charge is 0.383 e. The van der Waals surface area contributed by atoms with Gasteiger partial charge in [0.05, 0.1) is 5.69 Å². The Labute approximate surface area is 183 Å². The van der Waals surface area contributed by atoms with Crippen molar-refractivity contribution in [1.82, 2.24) is 19.3 Å². The van der Waals surface area contributed by atoms with Crippen LogP contribution in [-0.2, 0) is 24.3 Å². The molecule has 0 spiro atoms. The number of unbranched alkanes of at least 4 members (excludes halogenated alkanes) is 1. The molecule has 2 aromatic rings. The van der Waals surface area contributed by atoms with Gasteiger partial charge < -0.3 is 10.6 Å². The normalized spacial score (nSPS) is 11.3. The first kappa shape index (κ1) is 24.4. The second kappa shape index (κ2) is 10.5. The first-order chi connectivity index (χ1) is 14.6. The minimum atomic E-state index is -0.637. The van der Waals surface area contributed by atoms with Gasteiger partial charge in [-0.3, -0.25) is 23.8 Å². The maximum atomic E-state index is 13.1. The number of nitrogens with one attached hydrogen (secondary N) is 1. The molecule has 0 bridgehead atoms. The van der Waals surface area contributed by atoms with Crippen molar-refractivity contribution in [3.8, 4) is 0 Å². The Bertz CT molecular complexity index is 1030. The molecule has 172 valence electrons. The maximum absolute atomic E-state index is 13.1. The monoisotopic (exact) mass is 432 g/mol. The molecule has 31 heavy (non-hydrogen) atoms. The van der Waals surface area contributed by atoms with E-state index in [9.17, 15) is 14.4 Å². The first-order valence-electron chi connectivity index (χ1n) is 11.1. The molecule has 0 saturated carbocycles. The summed E-state index contributed by atoms with van der Waals surface area (Å²) >= 11 is 0. The third kappa shape index (κ3) is 5.45. The second-order valence-corrected chi connectivity index (χ2v) is 8.36. The number of carbonyl (C=O) groups excluding carboxylic acids is 1. The van der Waals surface area contributed by atoms with Crippen molar-refractivity contribution in [3.05, 3.63) is 37.8 Å². The third-order valence-corrected chi connectivity index (χ3v) is 5.49. The lowest BCUT2D eigenvalue weighted by Crippen LogP contribution is -2.41. The Balaban J connectivity index is 2.29. The van der Waals surface area contributed by atoms with Crippen LogP contribution in [0.4, 0.5) is 11.5 Å². The van der Waals surface area contributed by atoms with E-state index in [0.717, 1.165) is 36.3 Å². The van der Waals surface area contributed by atoms with Crippen molar-refractivity contribution in [2.45, 2.75) is 80.3 Å². The molecule has 2 rings (SSSR count). The SMILES string of the molecule is CCCCn1c(N)c(N(CC)C(=O)CCc2c(C)nn(CC(C)C)c2C)c(=O)[nH]c1=O. The van der Waals surface area contributed by atoms with E-state index >= 15 is 0 Å². The van der Waals surface area contributed by atoms with Crippen molar-refractivity contribution >= 4 is 17.4 Å². The smallest absolute Gasteiger partial charge is 0.330 e. The van der Waals surface area contributed by atoms with Gasteiger partial charge in [0.25, 0.3) is 5.56 Å². The van der Waals surface area contributed by atoms with Crippen molar-refractivity contribution < 1.29 is 4.79 Å². The highest BCUT2D eigenvalue weighted by molar-refractivity contribution is 5.95. The topological polar surface area (TPSA) is 119 Å². The average Bonchev–Trinajstić information content (AvgIpc) is 2.95.